The van der Waals surface area contributed by atoms with Gasteiger partial charge in [0, 0.05) is 17.7 Å². The molecule has 0 spiro atoms. The van der Waals surface area contributed by atoms with Crippen molar-refractivity contribution in [2.24, 2.45) is 0 Å². The minimum atomic E-state index is 0.119. The van der Waals surface area contributed by atoms with Gasteiger partial charge in [0.2, 0.25) is 0 Å². The highest BCUT2D eigenvalue weighted by atomic mass is 16.1. The van der Waals surface area contributed by atoms with E-state index in [0.29, 0.717) is 17.7 Å². The van der Waals surface area contributed by atoms with Crippen LogP contribution in [0, 0.1) is 5.41 Å². The van der Waals surface area contributed by atoms with E-state index in [-0.39, 0.29) is 5.78 Å². The maximum Gasteiger partial charge on any atom is 0.164 e. The molecular weight excluding hydrogens is 162 g/mol. The monoisotopic (exact) mass is 177 g/mol. The molecule has 0 saturated heterocycles. The Hall–Kier alpha value is -1.18. The SMILES string of the molecule is CC(C)=C/C=C1\C(=N)CCCC1=O. The third-order valence-electron chi connectivity index (χ3n) is 2.04. The van der Waals surface area contributed by atoms with Crippen LogP contribution in [0.15, 0.2) is 23.3 Å². The zero-order valence-electron chi connectivity index (χ0n) is 8.18. The molecule has 1 aliphatic rings. The number of carbonyl (C=O) groups excluding carboxylic acids is 1. The van der Waals surface area contributed by atoms with Crippen LogP contribution < -0.4 is 0 Å². The minimum Gasteiger partial charge on any atom is -0.305 e. The third kappa shape index (κ3) is 2.65. The number of Topliss-reactive ketones (excluding diaryl/α,β-unsaturated/α-hetero) is 1. The third-order valence-corrected chi connectivity index (χ3v) is 2.04. The van der Waals surface area contributed by atoms with Gasteiger partial charge in [-0.1, -0.05) is 11.6 Å². The van der Waals surface area contributed by atoms with Crippen LogP contribution in [0.1, 0.15) is 33.1 Å². The molecule has 2 heteroatoms. The number of nitrogens with one attached hydrogen (secondary N) is 1. The van der Waals surface area contributed by atoms with Gasteiger partial charge < -0.3 is 5.41 Å². The van der Waals surface area contributed by atoms with Crippen LogP contribution >= 0.6 is 0 Å². The molecule has 1 saturated carbocycles. The van der Waals surface area contributed by atoms with Crippen molar-refractivity contribution in [3.05, 3.63) is 23.3 Å². The van der Waals surface area contributed by atoms with E-state index in [1.165, 1.54) is 0 Å². The van der Waals surface area contributed by atoms with Crippen molar-refractivity contribution < 1.29 is 4.79 Å². The smallest absolute Gasteiger partial charge is 0.164 e. The highest BCUT2D eigenvalue weighted by molar-refractivity contribution is 6.22. The molecule has 0 aromatic rings. The summed E-state index contributed by atoms with van der Waals surface area (Å²) in [5.41, 5.74) is 2.25. The minimum absolute atomic E-state index is 0.119. The lowest BCUT2D eigenvalue weighted by atomic mass is 9.91. The second-order valence-electron chi connectivity index (χ2n) is 3.58. The standard InChI is InChI=1S/C11H15NO/c1-8(2)6-7-9-10(12)4-3-5-11(9)13/h6-7,12H,3-5H2,1-2H3/b9-7+,12-10?. The summed E-state index contributed by atoms with van der Waals surface area (Å²) in [6.45, 7) is 3.96. The molecule has 0 radical (unpaired) electrons. The number of hydrogen-bond donors (Lipinski definition) is 1. The lowest BCUT2D eigenvalue weighted by molar-refractivity contribution is -0.115. The van der Waals surface area contributed by atoms with Gasteiger partial charge in [0.15, 0.2) is 5.78 Å². The normalized spacial score (nSPS) is 20.6. The maximum absolute atomic E-state index is 11.4. The summed E-state index contributed by atoms with van der Waals surface area (Å²) in [6, 6.07) is 0. The van der Waals surface area contributed by atoms with E-state index >= 15 is 0 Å². The zero-order valence-corrected chi connectivity index (χ0v) is 8.18. The molecule has 1 rings (SSSR count). The first-order valence-electron chi connectivity index (χ1n) is 4.57. The van der Waals surface area contributed by atoms with Crippen LogP contribution in [-0.4, -0.2) is 11.5 Å². The van der Waals surface area contributed by atoms with Crippen molar-refractivity contribution in [1.29, 1.82) is 5.41 Å². The number of carbonyl (C=O) groups is 1. The summed E-state index contributed by atoms with van der Waals surface area (Å²) in [5, 5.41) is 7.60. The predicted octanol–water partition coefficient (Wildman–Crippen LogP) is 2.65. The Bertz CT molecular complexity index is 275. The average Bonchev–Trinajstić information content (AvgIpc) is 2.03. The molecule has 0 aromatic carbocycles. The molecular formula is C11H15NO. The molecule has 0 atom stereocenters. The summed E-state index contributed by atoms with van der Waals surface area (Å²) in [6.07, 6.45) is 5.86. The van der Waals surface area contributed by atoms with Gasteiger partial charge in [-0.2, -0.15) is 0 Å². The molecule has 0 unspecified atom stereocenters. The lowest BCUT2D eigenvalue weighted by Gasteiger charge is -2.13. The lowest BCUT2D eigenvalue weighted by Crippen LogP contribution is -2.17. The second kappa shape index (κ2) is 4.17. The van der Waals surface area contributed by atoms with Crippen LogP contribution in [0.2, 0.25) is 0 Å². The predicted molar refractivity (Wildman–Crippen MR) is 54.1 cm³/mol. The van der Waals surface area contributed by atoms with Crippen LogP contribution in [0.3, 0.4) is 0 Å². The zero-order chi connectivity index (χ0) is 9.84. The molecule has 2 nitrogen and oxygen atoms in total. The first-order chi connectivity index (χ1) is 6.11. The Morgan fingerprint density at radius 3 is 2.62 bits per heavy atom. The van der Waals surface area contributed by atoms with Gasteiger partial charge in [0.25, 0.3) is 0 Å². The fraction of sp³-hybridized carbons (Fsp3) is 0.455. The van der Waals surface area contributed by atoms with Crippen LogP contribution in [-0.2, 0) is 4.79 Å². The molecule has 1 aliphatic carbocycles. The van der Waals surface area contributed by atoms with Gasteiger partial charge in [0.1, 0.15) is 0 Å². The fourth-order valence-electron chi connectivity index (χ4n) is 1.31. The average molecular weight is 177 g/mol. The molecule has 0 aliphatic heterocycles. The van der Waals surface area contributed by atoms with E-state index in [1.807, 2.05) is 19.9 Å². The number of hydrogen-bond acceptors (Lipinski definition) is 2. The van der Waals surface area contributed by atoms with E-state index in [2.05, 4.69) is 0 Å². The molecule has 70 valence electrons. The van der Waals surface area contributed by atoms with Crippen LogP contribution in [0.5, 0.6) is 0 Å². The topological polar surface area (TPSA) is 40.9 Å². The maximum atomic E-state index is 11.4. The Morgan fingerprint density at radius 1 is 1.38 bits per heavy atom. The molecule has 0 bridgehead atoms. The van der Waals surface area contributed by atoms with E-state index in [9.17, 15) is 4.79 Å². The van der Waals surface area contributed by atoms with E-state index in [4.69, 9.17) is 5.41 Å². The van der Waals surface area contributed by atoms with Crippen LogP contribution in [0.4, 0.5) is 0 Å². The molecule has 0 heterocycles. The highest BCUT2D eigenvalue weighted by Gasteiger charge is 2.18. The fourth-order valence-corrected chi connectivity index (χ4v) is 1.31. The van der Waals surface area contributed by atoms with Crippen molar-refractivity contribution >= 4 is 11.5 Å². The van der Waals surface area contributed by atoms with Gasteiger partial charge in [-0.3, -0.25) is 4.79 Å². The molecule has 1 N–H and O–H groups in total. The van der Waals surface area contributed by atoms with E-state index in [0.717, 1.165) is 18.4 Å². The van der Waals surface area contributed by atoms with Gasteiger partial charge in [-0.15, -0.1) is 0 Å². The second-order valence-corrected chi connectivity index (χ2v) is 3.58. The largest absolute Gasteiger partial charge is 0.305 e. The first-order valence-corrected chi connectivity index (χ1v) is 4.57. The summed E-state index contributed by atoms with van der Waals surface area (Å²) in [4.78, 5) is 11.4. The summed E-state index contributed by atoms with van der Waals surface area (Å²) in [7, 11) is 0. The summed E-state index contributed by atoms with van der Waals surface area (Å²) in [5.74, 6) is 0.119. The van der Waals surface area contributed by atoms with Gasteiger partial charge in [-0.25, -0.2) is 0 Å². The van der Waals surface area contributed by atoms with Crippen molar-refractivity contribution in [2.75, 3.05) is 0 Å². The van der Waals surface area contributed by atoms with Gasteiger partial charge in [-0.05, 0) is 32.8 Å². The van der Waals surface area contributed by atoms with Crippen molar-refractivity contribution in [2.45, 2.75) is 33.1 Å². The molecule has 0 amide bonds. The number of allylic oxidation sites excluding steroid dienone is 4. The number of ketones is 1. The quantitative estimate of drug-likeness (QED) is 0.614. The summed E-state index contributed by atoms with van der Waals surface area (Å²) >= 11 is 0. The van der Waals surface area contributed by atoms with Crippen LogP contribution in [0.25, 0.3) is 0 Å². The van der Waals surface area contributed by atoms with Gasteiger partial charge in [0.05, 0.1) is 0 Å². The molecule has 0 aromatic heterocycles. The summed E-state index contributed by atoms with van der Waals surface area (Å²) < 4.78 is 0. The van der Waals surface area contributed by atoms with Crippen molar-refractivity contribution in [3.63, 3.8) is 0 Å². The number of rotatable bonds is 1. The molecule has 1 fully saturated rings. The Balaban J connectivity index is 2.86. The Labute approximate surface area is 78.9 Å². The van der Waals surface area contributed by atoms with Crippen molar-refractivity contribution in [3.8, 4) is 0 Å². The first kappa shape index (κ1) is 9.90. The Kier molecular flexibility index (Phi) is 3.18. The van der Waals surface area contributed by atoms with Gasteiger partial charge >= 0.3 is 0 Å². The highest BCUT2D eigenvalue weighted by Crippen LogP contribution is 2.16. The van der Waals surface area contributed by atoms with Crippen molar-refractivity contribution in [1.82, 2.24) is 0 Å². The molecule has 13 heavy (non-hydrogen) atoms. The van der Waals surface area contributed by atoms with E-state index in [1.54, 1.807) is 6.08 Å². The van der Waals surface area contributed by atoms with E-state index < -0.39 is 0 Å². The Morgan fingerprint density at radius 2 is 2.08 bits per heavy atom.